The molecule has 2 aromatic rings. The van der Waals surface area contributed by atoms with E-state index in [0.717, 1.165) is 6.26 Å². The van der Waals surface area contributed by atoms with Crippen molar-refractivity contribution in [3.63, 3.8) is 0 Å². The van der Waals surface area contributed by atoms with Gasteiger partial charge in [0.15, 0.2) is 5.69 Å². The Kier molecular flexibility index (Phi) is 4.05. The second-order valence-corrected chi connectivity index (χ2v) is 4.93. The normalized spacial score (nSPS) is 14.3. The topological polar surface area (TPSA) is 105 Å². The van der Waals surface area contributed by atoms with Crippen molar-refractivity contribution in [2.75, 3.05) is 25.0 Å². The van der Waals surface area contributed by atoms with Gasteiger partial charge in [0.1, 0.15) is 6.26 Å². The Balaban J connectivity index is 1.67. The highest BCUT2D eigenvalue weighted by Gasteiger charge is 2.25. The van der Waals surface area contributed by atoms with Crippen LogP contribution in [0.4, 0.5) is 6.01 Å². The van der Waals surface area contributed by atoms with Gasteiger partial charge in [0, 0.05) is 18.7 Å². The van der Waals surface area contributed by atoms with Gasteiger partial charge in [0.05, 0.1) is 6.54 Å². The predicted molar refractivity (Wildman–Crippen MR) is 79.8 cm³/mol. The van der Waals surface area contributed by atoms with Crippen molar-refractivity contribution in [2.24, 2.45) is 0 Å². The highest BCUT2D eigenvalue weighted by Crippen LogP contribution is 2.12. The van der Waals surface area contributed by atoms with E-state index in [1.54, 1.807) is 30.3 Å². The van der Waals surface area contributed by atoms with Crippen LogP contribution in [0, 0.1) is 0 Å². The van der Waals surface area contributed by atoms with Gasteiger partial charge in [-0.3, -0.25) is 19.7 Å². The second-order valence-electron chi connectivity index (χ2n) is 4.93. The van der Waals surface area contributed by atoms with Crippen LogP contribution < -0.4 is 10.6 Å². The standard InChI is InChI=1S/C15H14N4O4/c20-12-8-19(7-6-16-12)14(22)11-9-23-15(17-11)18-13(21)10-4-2-1-3-5-10/h1-5,9H,6-8H2,(H,16,20)(H,17,18,21). The van der Waals surface area contributed by atoms with E-state index in [-0.39, 0.29) is 30.1 Å². The van der Waals surface area contributed by atoms with E-state index in [0.29, 0.717) is 18.7 Å². The first-order valence-corrected chi connectivity index (χ1v) is 7.01. The Morgan fingerprint density at radius 2 is 2.04 bits per heavy atom. The Hall–Kier alpha value is -3.16. The molecule has 0 atom stereocenters. The summed E-state index contributed by atoms with van der Waals surface area (Å²) >= 11 is 0. The minimum atomic E-state index is -0.413. The minimum absolute atomic E-state index is 0.0165. The van der Waals surface area contributed by atoms with Gasteiger partial charge in [-0.25, -0.2) is 0 Å². The average Bonchev–Trinajstić information content (AvgIpc) is 3.03. The lowest BCUT2D eigenvalue weighted by atomic mass is 10.2. The van der Waals surface area contributed by atoms with E-state index >= 15 is 0 Å². The molecule has 0 saturated carbocycles. The van der Waals surface area contributed by atoms with Crippen LogP contribution in [0.2, 0.25) is 0 Å². The van der Waals surface area contributed by atoms with Crippen LogP contribution in [-0.4, -0.2) is 47.2 Å². The van der Waals surface area contributed by atoms with Gasteiger partial charge in [-0.15, -0.1) is 0 Å². The SMILES string of the molecule is O=C1CN(C(=O)c2coc(NC(=O)c3ccccc3)n2)CCN1. The first kappa shape index (κ1) is 14.8. The molecule has 1 aromatic heterocycles. The van der Waals surface area contributed by atoms with E-state index in [9.17, 15) is 14.4 Å². The number of amides is 3. The van der Waals surface area contributed by atoms with Crippen LogP contribution in [0.5, 0.6) is 0 Å². The summed E-state index contributed by atoms with van der Waals surface area (Å²) in [5, 5.41) is 5.11. The molecule has 0 spiro atoms. The number of anilines is 1. The smallest absolute Gasteiger partial charge is 0.302 e. The molecule has 3 amide bonds. The molecule has 1 saturated heterocycles. The largest absolute Gasteiger partial charge is 0.431 e. The van der Waals surface area contributed by atoms with E-state index < -0.39 is 5.91 Å². The number of carbonyl (C=O) groups is 3. The number of benzene rings is 1. The van der Waals surface area contributed by atoms with Gasteiger partial charge in [-0.05, 0) is 12.1 Å². The van der Waals surface area contributed by atoms with Crippen LogP contribution >= 0.6 is 0 Å². The molecule has 1 aromatic carbocycles. The quantitative estimate of drug-likeness (QED) is 0.858. The van der Waals surface area contributed by atoms with Gasteiger partial charge in [-0.1, -0.05) is 18.2 Å². The zero-order valence-electron chi connectivity index (χ0n) is 12.1. The summed E-state index contributed by atoms with van der Waals surface area (Å²) < 4.78 is 5.10. The zero-order valence-corrected chi connectivity index (χ0v) is 12.1. The fourth-order valence-corrected chi connectivity index (χ4v) is 2.16. The van der Waals surface area contributed by atoms with E-state index in [1.165, 1.54) is 4.90 Å². The first-order valence-electron chi connectivity index (χ1n) is 7.01. The number of aromatic nitrogens is 1. The van der Waals surface area contributed by atoms with Crippen LogP contribution in [0.3, 0.4) is 0 Å². The van der Waals surface area contributed by atoms with Gasteiger partial charge in [0.25, 0.3) is 11.8 Å². The number of nitrogens with one attached hydrogen (secondary N) is 2. The number of nitrogens with zero attached hydrogens (tertiary/aromatic N) is 2. The van der Waals surface area contributed by atoms with Gasteiger partial charge in [-0.2, -0.15) is 4.98 Å². The fourth-order valence-electron chi connectivity index (χ4n) is 2.16. The maximum Gasteiger partial charge on any atom is 0.302 e. The summed E-state index contributed by atoms with van der Waals surface area (Å²) in [5.41, 5.74) is 0.495. The molecule has 2 heterocycles. The maximum atomic E-state index is 12.2. The summed E-state index contributed by atoms with van der Waals surface area (Å²) in [5.74, 6) is -1.02. The summed E-state index contributed by atoms with van der Waals surface area (Å²) in [4.78, 5) is 40.8. The van der Waals surface area contributed by atoms with Gasteiger partial charge < -0.3 is 14.6 Å². The number of oxazole rings is 1. The summed E-state index contributed by atoms with van der Waals surface area (Å²) in [6.45, 7) is 0.792. The lowest BCUT2D eigenvalue weighted by molar-refractivity contribution is -0.123. The lowest BCUT2D eigenvalue weighted by Gasteiger charge is -2.25. The Morgan fingerprint density at radius 3 is 2.78 bits per heavy atom. The number of carbonyl (C=O) groups excluding carboxylic acids is 3. The highest BCUT2D eigenvalue weighted by molar-refractivity contribution is 6.03. The first-order chi connectivity index (χ1) is 11.1. The average molecular weight is 314 g/mol. The van der Waals surface area contributed by atoms with E-state index in [2.05, 4.69) is 15.6 Å². The maximum absolute atomic E-state index is 12.2. The molecular weight excluding hydrogens is 300 g/mol. The predicted octanol–water partition coefficient (Wildman–Crippen LogP) is 0.499. The van der Waals surface area contributed by atoms with Crippen LogP contribution in [0.15, 0.2) is 41.0 Å². The lowest BCUT2D eigenvalue weighted by Crippen LogP contribution is -2.50. The molecule has 118 valence electrons. The molecule has 0 bridgehead atoms. The Bertz CT molecular complexity index is 741. The molecule has 8 nitrogen and oxygen atoms in total. The Labute approximate surface area is 131 Å². The molecule has 1 aliphatic heterocycles. The van der Waals surface area contributed by atoms with Crippen LogP contribution in [0.1, 0.15) is 20.8 Å². The molecule has 2 N–H and O–H groups in total. The van der Waals surface area contributed by atoms with Crippen molar-refractivity contribution < 1.29 is 18.8 Å². The third-order valence-electron chi connectivity index (χ3n) is 3.31. The molecule has 0 radical (unpaired) electrons. The highest BCUT2D eigenvalue weighted by atomic mass is 16.4. The molecule has 1 fully saturated rings. The molecule has 8 heteroatoms. The fraction of sp³-hybridized carbons (Fsp3) is 0.200. The Morgan fingerprint density at radius 1 is 1.26 bits per heavy atom. The molecule has 3 rings (SSSR count). The van der Waals surface area contributed by atoms with E-state index in [4.69, 9.17) is 4.42 Å². The zero-order chi connectivity index (χ0) is 16.2. The van der Waals surface area contributed by atoms with Gasteiger partial charge in [0.2, 0.25) is 5.91 Å². The summed E-state index contributed by atoms with van der Waals surface area (Å²) in [6.07, 6.45) is 1.16. The van der Waals surface area contributed by atoms with Crippen molar-refractivity contribution in [2.45, 2.75) is 0 Å². The van der Waals surface area contributed by atoms with Gasteiger partial charge >= 0.3 is 6.01 Å². The van der Waals surface area contributed by atoms with Crippen LogP contribution in [0.25, 0.3) is 0 Å². The molecular formula is C15H14N4O4. The molecule has 1 aliphatic rings. The number of rotatable bonds is 3. The molecule has 23 heavy (non-hydrogen) atoms. The third kappa shape index (κ3) is 3.37. The monoisotopic (exact) mass is 314 g/mol. The number of hydrogen-bond donors (Lipinski definition) is 2. The van der Waals surface area contributed by atoms with Crippen molar-refractivity contribution in [3.05, 3.63) is 47.9 Å². The minimum Gasteiger partial charge on any atom is -0.431 e. The van der Waals surface area contributed by atoms with Crippen LogP contribution in [-0.2, 0) is 4.79 Å². The second kappa shape index (κ2) is 6.30. The van der Waals surface area contributed by atoms with Crippen molar-refractivity contribution in [3.8, 4) is 0 Å². The summed E-state index contributed by atoms with van der Waals surface area (Å²) in [7, 11) is 0. The molecule has 0 unspecified atom stereocenters. The van der Waals surface area contributed by atoms with Crippen molar-refractivity contribution in [1.29, 1.82) is 0 Å². The van der Waals surface area contributed by atoms with Crippen molar-refractivity contribution >= 4 is 23.7 Å². The van der Waals surface area contributed by atoms with E-state index in [1.807, 2.05) is 0 Å². The number of piperazine rings is 1. The third-order valence-corrected chi connectivity index (χ3v) is 3.31. The van der Waals surface area contributed by atoms with Crippen molar-refractivity contribution in [1.82, 2.24) is 15.2 Å². The summed E-state index contributed by atoms with van der Waals surface area (Å²) in [6, 6.07) is 8.51. The number of hydrogen-bond acceptors (Lipinski definition) is 5. The molecule has 0 aliphatic carbocycles.